The molecule has 0 aliphatic carbocycles. The highest BCUT2D eigenvalue weighted by atomic mass is 16.3. The third-order valence-electron chi connectivity index (χ3n) is 4.64. The van der Waals surface area contributed by atoms with Crippen molar-refractivity contribution in [3.05, 3.63) is 24.3 Å². The van der Waals surface area contributed by atoms with Crippen LogP contribution in [0.2, 0.25) is 0 Å². The molecule has 0 unspecified atom stereocenters. The number of phenols is 1. The van der Waals surface area contributed by atoms with Gasteiger partial charge in [0.1, 0.15) is 5.75 Å². The van der Waals surface area contributed by atoms with Gasteiger partial charge in [0.15, 0.2) is 0 Å². The summed E-state index contributed by atoms with van der Waals surface area (Å²) in [5, 5.41) is 12.6. The summed E-state index contributed by atoms with van der Waals surface area (Å²) < 4.78 is 0. The molecule has 5 nitrogen and oxygen atoms in total. The van der Waals surface area contributed by atoms with Crippen LogP contribution in [0.15, 0.2) is 24.3 Å². The molecule has 2 N–H and O–H groups in total. The van der Waals surface area contributed by atoms with E-state index in [2.05, 4.69) is 17.1 Å². The summed E-state index contributed by atoms with van der Waals surface area (Å²) in [5.41, 5.74) is 1.11. The van der Waals surface area contributed by atoms with Crippen molar-refractivity contribution in [3.8, 4) is 5.75 Å². The lowest BCUT2D eigenvalue weighted by Gasteiger charge is -2.37. The Morgan fingerprint density at radius 2 is 1.81 bits per heavy atom. The summed E-state index contributed by atoms with van der Waals surface area (Å²) in [6.45, 7) is 7.18. The van der Waals surface area contributed by atoms with Gasteiger partial charge in [0.2, 0.25) is 5.91 Å². The first-order chi connectivity index (χ1) is 10.1. The molecule has 2 saturated heterocycles. The molecule has 2 heterocycles. The van der Waals surface area contributed by atoms with Gasteiger partial charge < -0.3 is 20.2 Å². The molecule has 2 aliphatic heterocycles. The predicted molar refractivity (Wildman–Crippen MR) is 82.4 cm³/mol. The van der Waals surface area contributed by atoms with Gasteiger partial charge in [-0.15, -0.1) is 0 Å². The van der Waals surface area contributed by atoms with Gasteiger partial charge in [-0.05, 0) is 36.7 Å². The molecular weight excluding hydrogens is 266 g/mol. The number of carbonyl (C=O) groups is 1. The first-order valence-corrected chi connectivity index (χ1v) is 7.68. The molecule has 2 aliphatic rings. The molecule has 21 heavy (non-hydrogen) atoms. The number of hydrogen-bond donors (Lipinski definition) is 2. The number of hydrogen-bond acceptors (Lipinski definition) is 4. The van der Waals surface area contributed by atoms with Crippen LogP contribution in [0.25, 0.3) is 0 Å². The Morgan fingerprint density at radius 1 is 1.14 bits per heavy atom. The minimum Gasteiger partial charge on any atom is -0.508 e. The second kappa shape index (κ2) is 5.93. The van der Waals surface area contributed by atoms with Crippen LogP contribution in [0.5, 0.6) is 5.75 Å². The van der Waals surface area contributed by atoms with Crippen molar-refractivity contribution < 1.29 is 9.90 Å². The average molecular weight is 289 g/mol. The van der Waals surface area contributed by atoms with E-state index < -0.39 is 0 Å². The van der Waals surface area contributed by atoms with Gasteiger partial charge in [0.25, 0.3) is 0 Å². The second-order valence-electron chi connectivity index (χ2n) is 6.07. The van der Waals surface area contributed by atoms with Gasteiger partial charge in [-0.3, -0.25) is 4.79 Å². The number of aromatic hydroxyl groups is 1. The van der Waals surface area contributed by atoms with Gasteiger partial charge in [0.05, 0.1) is 5.92 Å². The number of nitrogens with zero attached hydrogens (tertiary/aromatic N) is 2. The van der Waals surface area contributed by atoms with E-state index in [1.165, 1.54) is 0 Å². The lowest BCUT2D eigenvalue weighted by molar-refractivity contribution is -0.136. The van der Waals surface area contributed by atoms with E-state index in [0.717, 1.165) is 45.0 Å². The Bertz CT molecular complexity index is 495. The van der Waals surface area contributed by atoms with Gasteiger partial charge in [-0.2, -0.15) is 0 Å². The quantitative estimate of drug-likeness (QED) is 0.849. The number of phenolic OH excluding ortho intramolecular Hbond substituents is 1. The molecule has 0 saturated carbocycles. The maximum atomic E-state index is 12.5. The molecule has 2 atom stereocenters. The fraction of sp³-hybridized carbons (Fsp3) is 0.562. The van der Waals surface area contributed by atoms with Crippen LogP contribution < -0.4 is 10.2 Å². The van der Waals surface area contributed by atoms with E-state index in [1.54, 1.807) is 12.1 Å². The van der Waals surface area contributed by atoms with E-state index in [4.69, 9.17) is 0 Å². The minimum absolute atomic E-state index is 0.144. The Labute approximate surface area is 125 Å². The number of rotatable bonds is 2. The lowest BCUT2D eigenvalue weighted by Crippen LogP contribution is -2.51. The van der Waals surface area contributed by atoms with Gasteiger partial charge in [0, 0.05) is 38.4 Å². The highest BCUT2D eigenvalue weighted by Gasteiger charge is 2.33. The van der Waals surface area contributed by atoms with Crippen LogP contribution in [0.4, 0.5) is 5.69 Å². The molecule has 1 amide bonds. The van der Waals surface area contributed by atoms with E-state index in [0.29, 0.717) is 11.8 Å². The van der Waals surface area contributed by atoms with E-state index in [9.17, 15) is 9.90 Å². The zero-order chi connectivity index (χ0) is 14.8. The Hall–Kier alpha value is -1.75. The fourth-order valence-corrected chi connectivity index (χ4v) is 3.22. The molecular formula is C16H23N3O2. The number of benzene rings is 1. The van der Waals surface area contributed by atoms with E-state index in [1.807, 2.05) is 17.0 Å². The number of piperazine rings is 1. The van der Waals surface area contributed by atoms with Gasteiger partial charge in [-0.25, -0.2) is 0 Å². The number of nitrogens with one attached hydrogen (secondary N) is 1. The van der Waals surface area contributed by atoms with E-state index in [-0.39, 0.29) is 11.7 Å². The number of anilines is 1. The molecule has 5 heteroatoms. The van der Waals surface area contributed by atoms with Crippen LogP contribution in [0.1, 0.15) is 6.92 Å². The summed E-state index contributed by atoms with van der Waals surface area (Å²) >= 11 is 0. The zero-order valence-electron chi connectivity index (χ0n) is 12.5. The SMILES string of the molecule is C[C@@H]1CNC[C@H]1C(=O)N1CCN(c2ccc(O)cc2)CC1. The van der Waals surface area contributed by atoms with Crippen molar-refractivity contribution in [3.63, 3.8) is 0 Å². The summed E-state index contributed by atoms with van der Waals surface area (Å²) in [5.74, 6) is 1.17. The number of amides is 1. The summed E-state index contributed by atoms with van der Waals surface area (Å²) in [7, 11) is 0. The van der Waals surface area contributed by atoms with Crippen molar-refractivity contribution in [1.82, 2.24) is 10.2 Å². The molecule has 1 aromatic carbocycles. The molecule has 0 spiro atoms. The van der Waals surface area contributed by atoms with Crippen molar-refractivity contribution in [2.45, 2.75) is 6.92 Å². The summed E-state index contributed by atoms with van der Waals surface area (Å²) in [6.07, 6.45) is 0. The third-order valence-corrected chi connectivity index (χ3v) is 4.64. The largest absolute Gasteiger partial charge is 0.508 e. The van der Waals surface area contributed by atoms with Crippen LogP contribution >= 0.6 is 0 Å². The normalized spacial score (nSPS) is 26.1. The van der Waals surface area contributed by atoms with Crippen molar-refractivity contribution >= 4 is 11.6 Å². The highest BCUT2D eigenvalue weighted by molar-refractivity contribution is 5.80. The molecule has 3 rings (SSSR count). The first-order valence-electron chi connectivity index (χ1n) is 7.68. The standard InChI is InChI=1S/C16H23N3O2/c1-12-10-17-11-15(12)16(21)19-8-6-18(7-9-19)13-2-4-14(20)5-3-13/h2-5,12,15,17,20H,6-11H2,1H3/t12-,15-/m1/s1. The van der Waals surface area contributed by atoms with Gasteiger partial charge >= 0.3 is 0 Å². The Morgan fingerprint density at radius 3 is 2.38 bits per heavy atom. The smallest absolute Gasteiger partial charge is 0.227 e. The molecule has 0 bridgehead atoms. The minimum atomic E-state index is 0.144. The molecule has 2 fully saturated rings. The molecule has 0 radical (unpaired) electrons. The fourth-order valence-electron chi connectivity index (χ4n) is 3.22. The van der Waals surface area contributed by atoms with Crippen molar-refractivity contribution in [2.75, 3.05) is 44.2 Å². The average Bonchev–Trinajstić information content (AvgIpc) is 2.94. The summed E-state index contributed by atoms with van der Waals surface area (Å²) in [6, 6.07) is 7.27. The van der Waals surface area contributed by atoms with Crippen LogP contribution in [0, 0.1) is 11.8 Å². The number of carbonyl (C=O) groups excluding carboxylic acids is 1. The van der Waals surface area contributed by atoms with Crippen LogP contribution in [-0.4, -0.2) is 55.2 Å². The molecule has 114 valence electrons. The molecule has 0 aromatic heterocycles. The van der Waals surface area contributed by atoms with Gasteiger partial charge in [-0.1, -0.05) is 6.92 Å². The molecule has 1 aromatic rings. The predicted octanol–water partition coefficient (Wildman–Crippen LogP) is 0.896. The third kappa shape index (κ3) is 2.97. The topological polar surface area (TPSA) is 55.8 Å². The van der Waals surface area contributed by atoms with Crippen LogP contribution in [0.3, 0.4) is 0 Å². The second-order valence-corrected chi connectivity index (χ2v) is 6.07. The van der Waals surface area contributed by atoms with Crippen molar-refractivity contribution in [2.24, 2.45) is 11.8 Å². The van der Waals surface area contributed by atoms with E-state index >= 15 is 0 Å². The summed E-state index contributed by atoms with van der Waals surface area (Å²) in [4.78, 5) is 16.8. The lowest BCUT2D eigenvalue weighted by atomic mass is 9.96. The monoisotopic (exact) mass is 289 g/mol. The maximum Gasteiger partial charge on any atom is 0.227 e. The highest BCUT2D eigenvalue weighted by Crippen LogP contribution is 2.22. The maximum absolute atomic E-state index is 12.5. The first kappa shape index (κ1) is 14.2. The Balaban J connectivity index is 1.57. The van der Waals surface area contributed by atoms with Crippen molar-refractivity contribution in [1.29, 1.82) is 0 Å². The zero-order valence-corrected chi connectivity index (χ0v) is 12.5. The van der Waals surface area contributed by atoms with Crippen LogP contribution in [-0.2, 0) is 4.79 Å². The Kier molecular flexibility index (Phi) is 4.01.